The van der Waals surface area contributed by atoms with E-state index < -0.39 is 10.0 Å². The van der Waals surface area contributed by atoms with Gasteiger partial charge in [0, 0.05) is 43.1 Å². The molecule has 0 bridgehead atoms. The largest absolute Gasteiger partial charge is 0.295 e. The van der Waals surface area contributed by atoms with E-state index in [1.807, 2.05) is 60.7 Å². The first-order valence-electron chi connectivity index (χ1n) is 17.2. The summed E-state index contributed by atoms with van der Waals surface area (Å²) in [5, 5.41) is 1.13. The number of nitrogens with zero attached hydrogens (tertiary/aromatic N) is 5. The predicted molar refractivity (Wildman–Crippen MR) is 210 cm³/mol. The Bertz CT molecular complexity index is 2460. The van der Waals surface area contributed by atoms with Crippen LogP contribution >= 0.6 is 10.0 Å². The molecule has 9 rings (SSSR count). The molecule has 3 heterocycles. The minimum absolute atomic E-state index is 0.604. The Morgan fingerprint density at radius 3 is 1.25 bits per heavy atom. The lowest BCUT2D eigenvalue weighted by Gasteiger charge is -2.41. The number of hydrogen-bond donors (Lipinski definition) is 0. The predicted octanol–water partition coefficient (Wildman–Crippen LogP) is 11.5. The lowest BCUT2D eigenvalue weighted by atomic mass is 10.1. The van der Waals surface area contributed by atoms with Crippen molar-refractivity contribution in [1.82, 2.24) is 24.3 Å². The third-order valence-electron chi connectivity index (χ3n) is 9.16. The number of rotatable bonds is 8. The first-order chi connectivity index (χ1) is 25.8. The molecule has 0 saturated carbocycles. The Labute approximate surface area is 304 Å². The van der Waals surface area contributed by atoms with Crippen LogP contribution in [0.2, 0.25) is 0 Å². The zero-order valence-corrected chi connectivity index (χ0v) is 29.0. The van der Waals surface area contributed by atoms with Gasteiger partial charge in [0.15, 0.2) is 17.5 Å². The first-order valence-corrected chi connectivity index (χ1v) is 18.9. The summed E-state index contributed by atoms with van der Waals surface area (Å²) in [4.78, 5) is 24.1. The molecule has 0 amide bonds. The van der Waals surface area contributed by atoms with Crippen molar-refractivity contribution in [1.29, 1.82) is 0 Å². The van der Waals surface area contributed by atoms with Gasteiger partial charge >= 0.3 is 0 Å². The van der Waals surface area contributed by atoms with E-state index in [1.165, 1.54) is 14.7 Å². The van der Waals surface area contributed by atoms with Gasteiger partial charge in [0.2, 0.25) is 0 Å². The summed E-state index contributed by atoms with van der Waals surface area (Å²) in [6.07, 6.45) is 2.14. The van der Waals surface area contributed by atoms with E-state index in [-0.39, 0.29) is 0 Å². The molecule has 6 heteroatoms. The van der Waals surface area contributed by atoms with Gasteiger partial charge in [0.1, 0.15) is 16.4 Å². The number of fused-ring (bicyclic) bond motifs is 1. The van der Waals surface area contributed by atoms with Crippen LogP contribution < -0.4 is 0 Å². The molecular weight excluding hydrogens is 655 g/mol. The standard InChI is InChI=1S/C46H33N5S/c1-6-19-34(20-7-1)43-48-44(35-21-8-2-9-22-35)50-45(49-43)37-24-18-23-36(33-37)42-46(51-32-17-16-31-41(51)47-42)52(38-25-10-3-11-26-38,39-27-12-4-13-28-39)40-29-14-5-15-30-40/h1-33H. The Hall–Kier alpha value is -6.63. The van der Waals surface area contributed by atoms with Crippen LogP contribution in [0.4, 0.5) is 0 Å². The van der Waals surface area contributed by atoms with Gasteiger partial charge < -0.3 is 0 Å². The molecule has 0 radical (unpaired) electrons. The second-order valence-corrected chi connectivity index (χ2v) is 15.4. The minimum Gasteiger partial charge on any atom is -0.295 e. The Morgan fingerprint density at radius 1 is 0.346 bits per heavy atom. The van der Waals surface area contributed by atoms with Gasteiger partial charge in [-0.1, -0.05) is 140 Å². The van der Waals surface area contributed by atoms with Gasteiger partial charge in [-0.2, -0.15) is 0 Å². The van der Waals surface area contributed by atoms with Crippen molar-refractivity contribution >= 4 is 15.7 Å². The Balaban J connectivity index is 1.32. The van der Waals surface area contributed by atoms with Crippen molar-refractivity contribution in [3.8, 4) is 45.4 Å². The first kappa shape index (κ1) is 31.4. The zero-order chi connectivity index (χ0) is 34.7. The molecule has 0 aliphatic rings. The molecule has 6 aromatic carbocycles. The number of pyridine rings is 1. The van der Waals surface area contributed by atoms with Gasteiger partial charge in [-0.15, -0.1) is 10.0 Å². The van der Waals surface area contributed by atoms with Crippen LogP contribution in [0, 0.1) is 0 Å². The highest BCUT2D eigenvalue weighted by molar-refractivity contribution is 8.34. The summed E-state index contributed by atoms with van der Waals surface area (Å²) in [5.41, 5.74) is 5.54. The average Bonchev–Trinajstić information content (AvgIpc) is 3.63. The van der Waals surface area contributed by atoms with E-state index in [0.29, 0.717) is 17.5 Å². The summed E-state index contributed by atoms with van der Waals surface area (Å²) >= 11 is 0. The van der Waals surface area contributed by atoms with Crippen molar-refractivity contribution in [2.45, 2.75) is 19.7 Å². The lowest BCUT2D eigenvalue weighted by molar-refractivity contribution is 1.02. The van der Waals surface area contributed by atoms with Crippen molar-refractivity contribution in [3.63, 3.8) is 0 Å². The van der Waals surface area contributed by atoms with Gasteiger partial charge in [0.05, 0.1) is 0 Å². The van der Waals surface area contributed by atoms with Crippen molar-refractivity contribution in [2.75, 3.05) is 0 Å². The SMILES string of the molecule is c1ccc(-c2nc(-c3ccccc3)nc(-c3cccc(-c4nc5ccccn5c4S(c4ccccc4)(c4ccccc4)c4ccccc4)c3)n2)cc1. The second-order valence-electron chi connectivity index (χ2n) is 12.4. The second kappa shape index (κ2) is 13.6. The molecule has 0 aliphatic carbocycles. The fourth-order valence-corrected chi connectivity index (χ4v) is 10.9. The molecular formula is C46H33N5S. The molecule has 0 saturated heterocycles. The van der Waals surface area contributed by atoms with Crippen LogP contribution in [0.25, 0.3) is 51.1 Å². The quantitative estimate of drug-likeness (QED) is 0.160. The summed E-state index contributed by atoms with van der Waals surface area (Å²) in [7, 11) is -2.08. The molecule has 0 N–H and O–H groups in total. The maximum absolute atomic E-state index is 5.42. The lowest BCUT2D eigenvalue weighted by Crippen LogP contribution is -2.09. The van der Waals surface area contributed by atoms with Crippen LogP contribution in [0.3, 0.4) is 0 Å². The molecule has 0 aliphatic heterocycles. The smallest absolute Gasteiger partial charge is 0.164 e. The van der Waals surface area contributed by atoms with Crippen molar-refractivity contribution in [3.05, 3.63) is 200 Å². The highest BCUT2D eigenvalue weighted by Gasteiger charge is 2.38. The summed E-state index contributed by atoms with van der Waals surface area (Å²) in [5.74, 6) is 1.86. The maximum Gasteiger partial charge on any atom is 0.164 e. The van der Waals surface area contributed by atoms with Gasteiger partial charge in [-0.25, -0.2) is 19.9 Å². The molecule has 52 heavy (non-hydrogen) atoms. The number of benzene rings is 6. The fourth-order valence-electron chi connectivity index (χ4n) is 6.81. The molecule has 0 spiro atoms. The Morgan fingerprint density at radius 2 is 0.750 bits per heavy atom. The number of aromatic nitrogens is 5. The normalized spacial score (nSPS) is 11.8. The molecule has 0 fully saturated rings. The molecule has 248 valence electrons. The molecule has 3 aromatic heterocycles. The van der Waals surface area contributed by atoms with E-state index >= 15 is 0 Å². The summed E-state index contributed by atoms with van der Waals surface area (Å²) < 4.78 is 2.29. The van der Waals surface area contributed by atoms with Crippen LogP contribution in [0.15, 0.2) is 220 Å². The van der Waals surface area contributed by atoms with E-state index in [9.17, 15) is 0 Å². The number of hydrogen-bond acceptors (Lipinski definition) is 4. The minimum atomic E-state index is -2.08. The molecule has 5 nitrogen and oxygen atoms in total. The van der Waals surface area contributed by atoms with E-state index in [4.69, 9.17) is 19.9 Å². The summed E-state index contributed by atoms with van der Waals surface area (Å²) in [6, 6.07) is 67.6. The highest BCUT2D eigenvalue weighted by atomic mass is 32.3. The third kappa shape index (κ3) is 5.56. The Kier molecular flexibility index (Phi) is 8.19. The maximum atomic E-state index is 5.42. The van der Waals surface area contributed by atoms with Crippen LogP contribution in [-0.4, -0.2) is 24.3 Å². The van der Waals surface area contributed by atoms with Crippen LogP contribution in [0.1, 0.15) is 0 Å². The monoisotopic (exact) mass is 687 g/mol. The van der Waals surface area contributed by atoms with Crippen molar-refractivity contribution < 1.29 is 0 Å². The van der Waals surface area contributed by atoms with Gasteiger partial charge in [0.25, 0.3) is 0 Å². The molecule has 9 aromatic rings. The van der Waals surface area contributed by atoms with Gasteiger partial charge in [-0.3, -0.25) is 4.40 Å². The highest BCUT2D eigenvalue weighted by Crippen LogP contribution is 2.74. The number of imidazole rings is 1. The van der Waals surface area contributed by atoms with E-state index in [0.717, 1.165) is 38.6 Å². The van der Waals surface area contributed by atoms with Crippen molar-refractivity contribution in [2.24, 2.45) is 0 Å². The van der Waals surface area contributed by atoms with E-state index in [2.05, 4.69) is 144 Å². The molecule has 0 atom stereocenters. The third-order valence-corrected chi connectivity index (χ3v) is 13.1. The van der Waals surface area contributed by atoms with Gasteiger partial charge in [-0.05, 0) is 54.6 Å². The summed E-state index contributed by atoms with van der Waals surface area (Å²) in [6.45, 7) is 0. The van der Waals surface area contributed by atoms with Crippen LogP contribution in [0.5, 0.6) is 0 Å². The average molecular weight is 688 g/mol. The van der Waals surface area contributed by atoms with E-state index in [1.54, 1.807) is 0 Å². The fraction of sp³-hybridized carbons (Fsp3) is 0. The zero-order valence-electron chi connectivity index (χ0n) is 28.2. The molecule has 0 unspecified atom stereocenters. The van der Waals surface area contributed by atoms with Crippen LogP contribution in [-0.2, 0) is 0 Å². The topological polar surface area (TPSA) is 56.0 Å².